The highest BCUT2D eigenvalue weighted by atomic mass is 19.1. The average Bonchev–Trinajstić information content (AvgIpc) is 3.13. The summed E-state index contributed by atoms with van der Waals surface area (Å²) < 4.78 is 20.0. The van der Waals surface area contributed by atoms with E-state index < -0.39 is 5.54 Å². The third-order valence-corrected chi connectivity index (χ3v) is 5.46. The van der Waals surface area contributed by atoms with Crippen LogP contribution in [0, 0.1) is 12.7 Å². The van der Waals surface area contributed by atoms with Crippen molar-refractivity contribution in [1.82, 2.24) is 15.1 Å². The molecule has 0 spiro atoms. The van der Waals surface area contributed by atoms with Crippen molar-refractivity contribution in [3.05, 3.63) is 77.4 Å². The Balaban J connectivity index is 1.69. The van der Waals surface area contributed by atoms with E-state index in [9.17, 15) is 14.0 Å². The van der Waals surface area contributed by atoms with E-state index in [1.54, 1.807) is 61.2 Å². The van der Waals surface area contributed by atoms with Crippen LogP contribution in [0.3, 0.4) is 0 Å². The fourth-order valence-electron chi connectivity index (χ4n) is 3.82. The van der Waals surface area contributed by atoms with Crippen molar-refractivity contribution in [2.45, 2.75) is 32.5 Å². The number of benzene rings is 2. The Hall–Kier alpha value is -3.68. The molecule has 0 saturated carbocycles. The zero-order chi connectivity index (χ0) is 22.2. The molecule has 1 aromatic heterocycles. The predicted molar refractivity (Wildman–Crippen MR) is 113 cm³/mol. The van der Waals surface area contributed by atoms with Gasteiger partial charge in [-0.25, -0.2) is 4.39 Å². The van der Waals surface area contributed by atoms with Gasteiger partial charge < -0.3 is 10.1 Å². The number of fused-ring (bicyclic) bond motifs is 1. The van der Waals surface area contributed by atoms with E-state index in [1.807, 2.05) is 6.92 Å². The summed E-state index contributed by atoms with van der Waals surface area (Å²) in [5.74, 6) is -0.333. The highest BCUT2D eigenvalue weighted by molar-refractivity contribution is 6.11. The Bertz CT molecular complexity index is 1120. The Morgan fingerprint density at radius 3 is 2.52 bits per heavy atom. The number of ether oxygens (including phenoxy) is 1. The van der Waals surface area contributed by atoms with Crippen molar-refractivity contribution in [1.29, 1.82) is 0 Å². The molecule has 4 rings (SSSR count). The standard InChI is InChI=1S/C23H23FN4O3/c1-15-12-20-21(29)28(18-8-10-19(31-3)11-9-18)23(2,14-27(20)26-15)22(30)25-13-16-4-6-17(24)7-5-16/h4-12H,13-14H2,1-3H3,(H,25,30). The molecule has 0 aliphatic carbocycles. The van der Waals surface area contributed by atoms with Crippen molar-refractivity contribution < 1.29 is 18.7 Å². The molecule has 7 nitrogen and oxygen atoms in total. The first kappa shape index (κ1) is 20.6. The molecule has 2 heterocycles. The first-order valence-corrected chi connectivity index (χ1v) is 9.87. The molecule has 1 atom stereocenters. The molecule has 0 fully saturated rings. The van der Waals surface area contributed by atoms with Gasteiger partial charge in [0.1, 0.15) is 22.8 Å². The Kier molecular flexibility index (Phi) is 5.22. The van der Waals surface area contributed by atoms with Gasteiger partial charge >= 0.3 is 0 Å². The maximum absolute atomic E-state index is 13.4. The van der Waals surface area contributed by atoms with E-state index in [4.69, 9.17) is 4.74 Å². The Labute approximate surface area is 179 Å². The van der Waals surface area contributed by atoms with Gasteiger partial charge in [0.2, 0.25) is 5.91 Å². The minimum atomic E-state index is -1.23. The van der Waals surface area contributed by atoms with Gasteiger partial charge in [-0.05, 0) is 61.9 Å². The van der Waals surface area contributed by atoms with E-state index in [-0.39, 0.29) is 30.7 Å². The first-order valence-electron chi connectivity index (χ1n) is 9.87. The van der Waals surface area contributed by atoms with E-state index >= 15 is 0 Å². The van der Waals surface area contributed by atoms with Crippen LogP contribution in [0.5, 0.6) is 5.75 Å². The number of carbonyl (C=O) groups excluding carboxylic acids is 2. The highest BCUT2D eigenvalue weighted by Gasteiger charge is 2.48. The SMILES string of the molecule is COc1ccc(N2C(=O)c3cc(C)nn3CC2(C)C(=O)NCc2ccc(F)cc2)cc1. The number of aryl methyl sites for hydroxylation is 1. The molecule has 2 amide bonds. The smallest absolute Gasteiger partial charge is 0.277 e. The van der Waals surface area contributed by atoms with Crippen LogP contribution in [-0.4, -0.2) is 34.2 Å². The Morgan fingerprint density at radius 2 is 1.87 bits per heavy atom. The normalized spacial score (nSPS) is 17.9. The van der Waals surface area contributed by atoms with Crippen molar-refractivity contribution in [2.24, 2.45) is 0 Å². The summed E-state index contributed by atoms with van der Waals surface area (Å²) >= 11 is 0. The van der Waals surface area contributed by atoms with E-state index in [1.165, 1.54) is 17.0 Å². The zero-order valence-electron chi connectivity index (χ0n) is 17.6. The minimum Gasteiger partial charge on any atom is -0.497 e. The number of aromatic nitrogens is 2. The fraction of sp³-hybridized carbons (Fsp3) is 0.261. The number of nitrogens with zero attached hydrogens (tertiary/aromatic N) is 3. The molecule has 0 bridgehead atoms. The number of halogens is 1. The molecule has 2 aromatic carbocycles. The Morgan fingerprint density at radius 1 is 1.19 bits per heavy atom. The van der Waals surface area contributed by atoms with Crippen LogP contribution in [0.1, 0.15) is 28.7 Å². The van der Waals surface area contributed by atoms with Crippen LogP contribution in [0.4, 0.5) is 10.1 Å². The lowest BCUT2D eigenvalue weighted by molar-refractivity contribution is -0.126. The van der Waals surface area contributed by atoms with E-state index in [0.717, 1.165) is 5.56 Å². The van der Waals surface area contributed by atoms with Crippen LogP contribution in [0.25, 0.3) is 0 Å². The highest BCUT2D eigenvalue weighted by Crippen LogP contribution is 2.33. The van der Waals surface area contributed by atoms with Gasteiger partial charge in [-0.2, -0.15) is 5.10 Å². The number of hydrogen-bond donors (Lipinski definition) is 1. The monoisotopic (exact) mass is 422 g/mol. The lowest BCUT2D eigenvalue weighted by Crippen LogP contribution is -2.64. The predicted octanol–water partition coefficient (Wildman–Crippen LogP) is 3.07. The number of methoxy groups -OCH3 is 1. The molecule has 3 aromatic rings. The summed E-state index contributed by atoms with van der Waals surface area (Å²) in [6, 6.07) is 14.6. The van der Waals surface area contributed by atoms with Crippen LogP contribution >= 0.6 is 0 Å². The maximum Gasteiger partial charge on any atom is 0.277 e. The minimum absolute atomic E-state index is 0.198. The molecule has 1 unspecified atom stereocenters. The van der Waals surface area contributed by atoms with Crippen molar-refractivity contribution >= 4 is 17.5 Å². The molecule has 0 radical (unpaired) electrons. The summed E-state index contributed by atoms with van der Waals surface area (Å²) in [7, 11) is 1.56. The van der Waals surface area contributed by atoms with Crippen molar-refractivity contribution in [2.75, 3.05) is 12.0 Å². The van der Waals surface area contributed by atoms with Crippen LogP contribution < -0.4 is 15.0 Å². The molecule has 1 aliphatic heterocycles. The number of rotatable bonds is 5. The summed E-state index contributed by atoms with van der Waals surface area (Å²) in [6.45, 7) is 3.94. The summed E-state index contributed by atoms with van der Waals surface area (Å²) in [4.78, 5) is 28.3. The molecule has 1 aliphatic rings. The van der Waals surface area contributed by atoms with Gasteiger partial charge in [-0.15, -0.1) is 0 Å². The van der Waals surface area contributed by atoms with Gasteiger partial charge in [-0.3, -0.25) is 19.2 Å². The van der Waals surface area contributed by atoms with Gasteiger partial charge in [-0.1, -0.05) is 12.1 Å². The van der Waals surface area contributed by atoms with Gasteiger partial charge in [0.05, 0.1) is 19.3 Å². The number of carbonyl (C=O) groups is 2. The lowest BCUT2D eigenvalue weighted by atomic mass is 9.94. The molecule has 31 heavy (non-hydrogen) atoms. The van der Waals surface area contributed by atoms with Gasteiger partial charge in [0.25, 0.3) is 5.91 Å². The largest absolute Gasteiger partial charge is 0.497 e. The second kappa shape index (κ2) is 7.86. The molecular formula is C23H23FN4O3. The number of nitrogens with one attached hydrogen (secondary N) is 1. The maximum atomic E-state index is 13.4. The zero-order valence-corrected chi connectivity index (χ0v) is 17.6. The number of anilines is 1. The summed E-state index contributed by atoms with van der Waals surface area (Å²) in [5.41, 5.74) is 1.24. The molecular weight excluding hydrogens is 399 g/mol. The third-order valence-electron chi connectivity index (χ3n) is 5.46. The topological polar surface area (TPSA) is 76.5 Å². The van der Waals surface area contributed by atoms with Crippen LogP contribution in [0.2, 0.25) is 0 Å². The number of amides is 2. The van der Waals surface area contributed by atoms with Crippen LogP contribution in [0.15, 0.2) is 54.6 Å². The van der Waals surface area contributed by atoms with Crippen LogP contribution in [-0.2, 0) is 17.9 Å². The summed E-state index contributed by atoms with van der Waals surface area (Å²) in [5, 5.41) is 7.28. The van der Waals surface area contributed by atoms with Crippen molar-refractivity contribution in [3.63, 3.8) is 0 Å². The lowest BCUT2D eigenvalue weighted by Gasteiger charge is -2.43. The summed E-state index contributed by atoms with van der Waals surface area (Å²) in [6.07, 6.45) is 0. The number of hydrogen-bond acceptors (Lipinski definition) is 4. The first-order chi connectivity index (χ1) is 14.8. The van der Waals surface area contributed by atoms with E-state index in [0.29, 0.717) is 22.8 Å². The average molecular weight is 422 g/mol. The fourth-order valence-corrected chi connectivity index (χ4v) is 3.82. The third kappa shape index (κ3) is 3.76. The van der Waals surface area contributed by atoms with Gasteiger partial charge in [0, 0.05) is 12.2 Å². The van der Waals surface area contributed by atoms with Crippen molar-refractivity contribution in [3.8, 4) is 5.75 Å². The second-order valence-electron chi connectivity index (χ2n) is 7.75. The molecule has 160 valence electrons. The van der Waals surface area contributed by atoms with E-state index in [2.05, 4.69) is 10.4 Å². The quantitative estimate of drug-likeness (QED) is 0.686. The molecule has 0 saturated heterocycles. The second-order valence-corrected chi connectivity index (χ2v) is 7.75. The van der Waals surface area contributed by atoms with Gasteiger partial charge in [0.15, 0.2) is 0 Å². The molecule has 8 heteroatoms. The molecule has 1 N–H and O–H groups in total.